The van der Waals surface area contributed by atoms with Crippen LogP contribution in [0.25, 0.3) is 21.7 Å². The molecule has 9 heteroatoms. The van der Waals surface area contributed by atoms with Crippen molar-refractivity contribution in [1.29, 1.82) is 0 Å². The van der Waals surface area contributed by atoms with E-state index in [9.17, 15) is 8.42 Å². The summed E-state index contributed by atoms with van der Waals surface area (Å²) in [5.41, 5.74) is 1.98. The van der Waals surface area contributed by atoms with E-state index in [1.165, 1.54) is 0 Å². The minimum atomic E-state index is -3.55. The molecule has 3 aromatic carbocycles. The van der Waals surface area contributed by atoms with Gasteiger partial charge in [-0.15, -0.1) is 0 Å². The molecule has 8 nitrogen and oxygen atoms in total. The van der Waals surface area contributed by atoms with Gasteiger partial charge in [0.1, 0.15) is 5.82 Å². The lowest BCUT2D eigenvalue weighted by Gasteiger charge is -2.29. The van der Waals surface area contributed by atoms with Crippen molar-refractivity contribution in [2.75, 3.05) is 36.9 Å². The molecule has 6 rings (SSSR count). The molecule has 222 valence electrons. The first-order valence-electron chi connectivity index (χ1n) is 15.0. The molecular weight excluding hydrogens is 556 g/mol. The number of hydrogen-bond donors (Lipinski definition) is 2. The van der Waals surface area contributed by atoms with Gasteiger partial charge < -0.3 is 10.2 Å². The summed E-state index contributed by atoms with van der Waals surface area (Å²) in [6, 6.07) is 27.2. The van der Waals surface area contributed by atoms with Crippen molar-refractivity contribution < 1.29 is 8.42 Å². The average molecular weight is 595 g/mol. The summed E-state index contributed by atoms with van der Waals surface area (Å²) in [6.45, 7) is 2.06. The topological polar surface area (TPSA) is 100 Å². The minimum absolute atomic E-state index is 0.321. The van der Waals surface area contributed by atoms with Crippen LogP contribution in [0.4, 0.5) is 11.8 Å². The maximum Gasteiger partial charge on any atom is 0.240 e. The summed E-state index contributed by atoms with van der Waals surface area (Å²) < 4.78 is 28.8. The maximum atomic E-state index is 13.0. The predicted octanol–water partition coefficient (Wildman–Crippen LogP) is 6.05. The summed E-state index contributed by atoms with van der Waals surface area (Å²) in [4.78, 5) is 16.7. The Morgan fingerprint density at radius 3 is 2.33 bits per heavy atom. The van der Waals surface area contributed by atoms with E-state index in [4.69, 9.17) is 9.97 Å². The zero-order valence-electron chi connectivity index (χ0n) is 24.5. The van der Waals surface area contributed by atoms with E-state index < -0.39 is 10.0 Å². The van der Waals surface area contributed by atoms with Crippen LogP contribution in [-0.4, -0.2) is 50.1 Å². The number of likely N-dealkylation sites (N-methyl/N-ethyl adjacent to an activating group) is 1. The zero-order valence-corrected chi connectivity index (χ0v) is 25.3. The van der Waals surface area contributed by atoms with Gasteiger partial charge in [0.05, 0.1) is 10.4 Å². The fourth-order valence-electron chi connectivity index (χ4n) is 5.88. The van der Waals surface area contributed by atoms with Crippen LogP contribution >= 0.6 is 0 Å². The predicted molar refractivity (Wildman–Crippen MR) is 174 cm³/mol. The molecule has 1 aliphatic rings. The monoisotopic (exact) mass is 594 g/mol. The lowest BCUT2D eigenvalue weighted by Crippen LogP contribution is -2.32. The Morgan fingerprint density at radius 1 is 0.814 bits per heavy atom. The van der Waals surface area contributed by atoms with Crippen LogP contribution in [0.5, 0.6) is 0 Å². The molecule has 0 bridgehead atoms. The second kappa shape index (κ2) is 13.1. The molecule has 1 aliphatic carbocycles. The van der Waals surface area contributed by atoms with Crippen LogP contribution in [-0.2, 0) is 16.4 Å². The summed E-state index contributed by atoms with van der Waals surface area (Å²) >= 11 is 0. The van der Waals surface area contributed by atoms with Crippen molar-refractivity contribution in [2.24, 2.45) is 11.8 Å². The molecule has 0 aliphatic heterocycles. The first-order chi connectivity index (χ1) is 20.9. The van der Waals surface area contributed by atoms with Crippen molar-refractivity contribution in [2.45, 2.75) is 37.0 Å². The molecule has 0 spiro atoms. The Balaban J connectivity index is 1.02. The van der Waals surface area contributed by atoms with E-state index in [1.54, 1.807) is 12.1 Å². The molecule has 5 aromatic rings. The van der Waals surface area contributed by atoms with Crippen molar-refractivity contribution in [3.8, 4) is 0 Å². The smallest absolute Gasteiger partial charge is 0.240 e. The number of anilines is 2. The highest BCUT2D eigenvalue weighted by atomic mass is 32.2. The van der Waals surface area contributed by atoms with Crippen LogP contribution in [0.15, 0.2) is 96.0 Å². The molecule has 0 radical (unpaired) electrons. The third kappa shape index (κ3) is 7.12. The number of rotatable bonds is 11. The van der Waals surface area contributed by atoms with Crippen LogP contribution in [0.1, 0.15) is 31.4 Å². The summed E-state index contributed by atoms with van der Waals surface area (Å²) in [5.74, 6) is 2.38. The lowest BCUT2D eigenvalue weighted by atomic mass is 9.82. The van der Waals surface area contributed by atoms with Crippen molar-refractivity contribution in [3.05, 3.63) is 96.8 Å². The first kappa shape index (κ1) is 29.0. The fourth-order valence-corrected chi connectivity index (χ4v) is 7.04. The SMILES string of the molecule is CN(CCc1ccccn1)c1nc(NCC2CCC(CNS(=O)(=O)c3ccc4ccccc4c3)CC2)nc2ccccc12. The quantitative estimate of drug-likeness (QED) is 0.192. The van der Waals surface area contributed by atoms with Crippen LogP contribution in [0, 0.1) is 11.8 Å². The highest BCUT2D eigenvalue weighted by Gasteiger charge is 2.24. The molecule has 2 N–H and O–H groups in total. The third-order valence-electron chi connectivity index (χ3n) is 8.48. The molecule has 2 aromatic heterocycles. The number of hydrogen-bond acceptors (Lipinski definition) is 7. The number of para-hydroxylation sites is 1. The van der Waals surface area contributed by atoms with Crippen LogP contribution in [0.2, 0.25) is 0 Å². The number of nitrogens with zero attached hydrogens (tertiary/aromatic N) is 4. The largest absolute Gasteiger partial charge is 0.359 e. The van der Waals surface area contributed by atoms with Gasteiger partial charge in [-0.05, 0) is 84.7 Å². The van der Waals surface area contributed by atoms with Crippen molar-refractivity contribution >= 4 is 43.5 Å². The van der Waals surface area contributed by atoms with Crippen LogP contribution < -0.4 is 14.9 Å². The second-order valence-corrected chi connectivity index (χ2v) is 13.3. The molecule has 2 heterocycles. The Hall–Kier alpha value is -4.08. The van der Waals surface area contributed by atoms with Gasteiger partial charge in [0.2, 0.25) is 16.0 Å². The number of pyridine rings is 1. The molecule has 0 unspecified atom stereocenters. The molecule has 0 amide bonds. The lowest BCUT2D eigenvalue weighted by molar-refractivity contribution is 0.284. The van der Waals surface area contributed by atoms with Gasteiger partial charge in [0.15, 0.2) is 0 Å². The Morgan fingerprint density at radius 2 is 1.53 bits per heavy atom. The van der Waals surface area contributed by atoms with Crippen molar-refractivity contribution in [1.82, 2.24) is 19.7 Å². The minimum Gasteiger partial charge on any atom is -0.359 e. The Labute approximate surface area is 253 Å². The Kier molecular flexibility index (Phi) is 8.81. The standard InChI is InChI=1S/C34H38N6O2S/c1-40(21-19-29-10-6-7-20-35-29)33-31-11-4-5-12-32(31)38-34(39-33)36-23-25-13-15-26(16-14-25)24-37-43(41,42)30-18-17-27-8-2-3-9-28(27)22-30/h2-12,17-18,20,22,25-26,37H,13-16,19,21,23-24H2,1H3,(H,36,38,39). The number of benzene rings is 3. The third-order valence-corrected chi connectivity index (χ3v) is 9.90. The fraction of sp³-hybridized carbons (Fsp3) is 0.324. The summed E-state index contributed by atoms with van der Waals surface area (Å²) in [7, 11) is -1.48. The van der Waals surface area contributed by atoms with Gasteiger partial charge in [0, 0.05) is 50.4 Å². The summed E-state index contributed by atoms with van der Waals surface area (Å²) in [5, 5.41) is 6.50. The van der Waals surface area contributed by atoms with Gasteiger partial charge in [-0.2, -0.15) is 4.98 Å². The Bertz CT molecular complexity index is 1790. The first-order valence-corrected chi connectivity index (χ1v) is 16.5. The number of aromatic nitrogens is 3. The van der Waals surface area contributed by atoms with E-state index >= 15 is 0 Å². The molecule has 0 atom stereocenters. The average Bonchev–Trinajstić information content (AvgIpc) is 3.05. The molecule has 1 saturated carbocycles. The van der Waals surface area contributed by atoms with Crippen LogP contribution in [0.3, 0.4) is 0 Å². The van der Waals surface area contributed by atoms with Gasteiger partial charge in [-0.1, -0.05) is 48.5 Å². The second-order valence-electron chi connectivity index (χ2n) is 11.5. The number of fused-ring (bicyclic) bond motifs is 2. The van der Waals surface area contributed by atoms with Gasteiger partial charge in [0.25, 0.3) is 0 Å². The highest BCUT2D eigenvalue weighted by Crippen LogP contribution is 2.30. The molecule has 1 fully saturated rings. The van der Waals surface area contributed by atoms with E-state index in [-0.39, 0.29) is 0 Å². The van der Waals surface area contributed by atoms with Gasteiger partial charge in [-0.25, -0.2) is 18.1 Å². The van der Waals surface area contributed by atoms with Crippen molar-refractivity contribution in [3.63, 3.8) is 0 Å². The molecular formula is C34H38N6O2S. The number of nitrogens with one attached hydrogen (secondary N) is 2. The maximum absolute atomic E-state index is 13.0. The number of sulfonamides is 1. The van der Waals surface area contributed by atoms with Gasteiger partial charge >= 0.3 is 0 Å². The molecule has 0 saturated heterocycles. The van der Waals surface area contributed by atoms with Gasteiger partial charge in [-0.3, -0.25) is 4.98 Å². The highest BCUT2D eigenvalue weighted by molar-refractivity contribution is 7.89. The van der Waals surface area contributed by atoms with E-state index in [2.05, 4.69) is 33.0 Å². The van der Waals surface area contributed by atoms with E-state index in [1.807, 2.05) is 72.9 Å². The van der Waals surface area contributed by atoms with E-state index in [0.717, 1.165) is 78.4 Å². The zero-order chi connectivity index (χ0) is 29.6. The summed E-state index contributed by atoms with van der Waals surface area (Å²) in [6.07, 6.45) is 6.73. The molecule has 43 heavy (non-hydrogen) atoms. The normalized spacial score (nSPS) is 17.2. The van der Waals surface area contributed by atoms with E-state index in [0.29, 0.717) is 29.2 Å².